The number of halogens is 14. The van der Waals surface area contributed by atoms with Gasteiger partial charge in [-0.1, -0.05) is 0 Å². The third-order valence-corrected chi connectivity index (χ3v) is 5.68. The summed E-state index contributed by atoms with van der Waals surface area (Å²) in [5.74, 6) is -4.77. The second-order valence-electron chi connectivity index (χ2n) is 8.23. The van der Waals surface area contributed by atoms with Crippen molar-refractivity contribution in [3.63, 3.8) is 0 Å². The van der Waals surface area contributed by atoms with Crippen molar-refractivity contribution in [3.05, 3.63) is 0 Å². The summed E-state index contributed by atoms with van der Waals surface area (Å²) in [4.78, 5) is 7.68. The normalized spacial score (nSPS) is 23.8. The van der Waals surface area contributed by atoms with E-state index in [0.29, 0.717) is 0 Å². The summed E-state index contributed by atoms with van der Waals surface area (Å²) in [5, 5.41) is 0.748. The Labute approximate surface area is 197 Å². The van der Waals surface area contributed by atoms with E-state index in [4.69, 9.17) is 4.55 Å². The van der Waals surface area contributed by atoms with Gasteiger partial charge in [-0.05, 0) is 0 Å². The fraction of sp³-hybridized carbons (Fsp3) is 0.929. The first-order valence-corrected chi connectivity index (χ1v) is 10.7. The molecule has 220 valence electrons. The highest BCUT2D eigenvalue weighted by Crippen LogP contribution is 2.62. The van der Waals surface area contributed by atoms with Crippen molar-refractivity contribution in [1.82, 2.24) is 10.2 Å². The van der Waals surface area contributed by atoms with Gasteiger partial charge >= 0.3 is 52.3 Å². The van der Waals surface area contributed by atoms with E-state index in [-0.39, 0.29) is 0 Å². The molecule has 37 heavy (non-hydrogen) atoms. The number of nitrogens with zero attached hydrogens (tertiary/aromatic N) is 2. The van der Waals surface area contributed by atoms with E-state index in [2.05, 4.69) is 0 Å². The molecule has 0 bridgehead atoms. The number of amides is 1. The minimum absolute atomic E-state index is 0.528. The Morgan fingerprint density at radius 2 is 1.32 bits per heavy atom. The molecule has 0 aliphatic carbocycles. The number of carbonyl (C=O) groups is 1. The van der Waals surface area contributed by atoms with E-state index in [1.54, 1.807) is 0 Å². The molecule has 0 saturated carbocycles. The van der Waals surface area contributed by atoms with Gasteiger partial charge in [0.25, 0.3) is 5.91 Å². The van der Waals surface area contributed by atoms with Crippen molar-refractivity contribution in [2.45, 2.75) is 48.6 Å². The number of hydrogen-bond acceptors (Lipinski definition) is 5. The Bertz CT molecular complexity index is 961. The lowest BCUT2D eigenvalue weighted by molar-refractivity contribution is -0.878. The second kappa shape index (κ2) is 9.19. The molecule has 0 spiro atoms. The van der Waals surface area contributed by atoms with Gasteiger partial charge in [0.05, 0.1) is 20.6 Å². The maximum atomic E-state index is 14.7. The van der Waals surface area contributed by atoms with Gasteiger partial charge < -0.3 is 9.80 Å². The van der Waals surface area contributed by atoms with Crippen LogP contribution in [-0.4, -0.2) is 104 Å². The van der Waals surface area contributed by atoms with Crippen molar-refractivity contribution in [2.24, 2.45) is 0 Å². The Morgan fingerprint density at radius 1 is 0.919 bits per heavy atom. The van der Waals surface area contributed by atoms with E-state index in [1.807, 2.05) is 4.74 Å². The molecule has 2 N–H and O–H groups in total. The Morgan fingerprint density at radius 3 is 1.68 bits per heavy atom. The third kappa shape index (κ3) is 5.83. The molecule has 1 saturated heterocycles. The number of morpholine rings is 1. The molecule has 0 aromatic heterocycles. The van der Waals surface area contributed by atoms with Gasteiger partial charge in [0, 0.05) is 13.0 Å². The Balaban J connectivity index is 3.44. The van der Waals surface area contributed by atoms with E-state index >= 15 is 0 Å². The van der Waals surface area contributed by atoms with Crippen LogP contribution in [-0.2, 0) is 19.6 Å². The highest BCUT2D eigenvalue weighted by molar-refractivity contribution is 7.85. The lowest BCUT2D eigenvalue weighted by atomic mass is 9.98. The molecule has 1 heterocycles. The van der Waals surface area contributed by atoms with Crippen LogP contribution in [0, 0.1) is 0 Å². The monoisotopic (exact) mass is 604 g/mol. The van der Waals surface area contributed by atoms with E-state index in [1.165, 1.54) is 0 Å². The molecule has 1 fully saturated rings. The highest BCUT2D eigenvalue weighted by atomic mass is 32.2. The van der Waals surface area contributed by atoms with Gasteiger partial charge in [-0.2, -0.15) is 65.5 Å². The first-order valence-electron chi connectivity index (χ1n) is 9.11. The van der Waals surface area contributed by atoms with Crippen molar-refractivity contribution in [1.29, 1.82) is 0 Å². The summed E-state index contributed by atoms with van der Waals surface area (Å²) in [6, 6.07) is -22.8. The Hall–Kier alpha value is -1.72. The van der Waals surface area contributed by atoms with Gasteiger partial charge in [0.1, 0.15) is 0 Å². The molecular weight excluding hydrogens is 588 g/mol. The van der Waals surface area contributed by atoms with E-state index < -0.39 is 93.0 Å². The average Bonchev–Trinajstić information content (AvgIpc) is 2.58. The lowest BCUT2D eigenvalue weighted by Gasteiger charge is -2.51. The number of alkyl halides is 14. The summed E-state index contributed by atoms with van der Waals surface area (Å²) < 4.78 is 223. The van der Waals surface area contributed by atoms with Gasteiger partial charge in [-0.15, -0.1) is 4.90 Å². The van der Waals surface area contributed by atoms with Crippen LogP contribution in [0.15, 0.2) is 0 Å². The number of ether oxygens (including phenoxy) is 1. The molecule has 1 aliphatic rings. The smallest absolute Gasteiger partial charge is 0.353 e. The predicted octanol–water partition coefficient (Wildman–Crippen LogP) is 2.98. The molecule has 0 radical (unpaired) electrons. The largest absolute Gasteiger partial charge is 0.439 e. The number of nitrogens with one attached hydrogen (secondary N) is 1. The topological polar surface area (TPSA) is 95.9 Å². The first-order chi connectivity index (χ1) is 15.9. The molecular formula is C14H16F14N3O5S+. The quantitative estimate of drug-likeness (QED) is 0.138. The number of quaternary nitrogens is 1. The predicted molar refractivity (Wildman–Crippen MR) is 88.6 cm³/mol. The minimum atomic E-state index is -7.85. The fourth-order valence-electron chi connectivity index (χ4n) is 3.00. The first kappa shape index (κ1) is 33.3. The highest BCUT2D eigenvalue weighted by Gasteiger charge is 2.92. The standard InChI is InChI=1S/C14H15F14N3O5S/c1-31(2,6-37(33,34)35)5-3-4-29-7(32)8(15,9(16,17)18)10(19,20)30-11(21,22)13(25,26)36-14(27,28)12(30,23)24/h3-6H2,1-2H3,(H-,29,32,33,34,35)/p+1. The molecule has 1 unspecified atom stereocenters. The summed E-state index contributed by atoms with van der Waals surface area (Å²) >= 11 is 0. The zero-order chi connectivity index (χ0) is 29.9. The van der Waals surface area contributed by atoms with Crippen LogP contribution < -0.4 is 5.32 Å². The van der Waals surface area contributed by atoms with E-state index in [0.717, 1.165) is 19.4 Å². The summed E-state index contributed by atoms with van der Waals surface area (Å²) in [5.41, 5.74) is -7.27. The molecule has 1 atom stereocenters. The summed E-state index contributed by atoms with van der Waals surface area (Å²) in [6.07, 6.45) is -22.3. The fourth-order valence-corrected chi connectivity index (χ4v) is 4.01. The molecule has 8 nitrogen and oxygen atoms in total. The number of rotatable bonds is 9. The number of hydrogen-bond donors (Lipinski definition) is 2. The van der Waals surface area contributed by atoms with Gasteiger partial charge in [0.15, 0.2) is 0 Å². The molecule has 0 aromatic carbocycles. The van der Waals surface area contributed by atoms with Gasteiger partial charge in [0.2, 0.25) is 5.88 Å². The zero-order valence-corrected chi connectivity index (χ0v) is 18.8. The third-order valence-electron chi connectivity index (χ3n) is 4.66. The van der Waals surface area contributed by atoms with Crippen LogP contribution in [0.5, 0.6) is 0 Å². The summed E-state index contributed by atoms with van der Waals surface area (Å²) in [6.45, 7) is -1.86. The maximum absolute atomic E-state index is 14.7. The van der Waals surface area contributed by atoms with Crippen molar-refractivity contribution < 1.29 is 88.5 Å². The van der Waals surface area contributed by atoms with Crippen molar-refractivity contribution in [3.8, 4) is 0 Å². The molecule has 23 heteroatoms. The molecule has 1 rings (SSSR count). The average molecular weight is 604 g/mol. The molecule has 0 aromatic rings. The van der Waals surface area contributed by atoms with Crippen LogP contribution in [0.1, 0.15) is 6.42 Å². The van der Waals surface area contributed by atoms with Gasteiger partial charge in [-0.3, -0.25) is 9.35 Å². The maximum Gasteiger partial charge on any atom is 0.439 e. The van der Waals surface area contributed by atoms with Crippen molar-refractivity contribution in [2.75, 3.05) is 33.1 Å². The minimum Gasteiger partial charge on any atom is -0.353 e. The van der Waals surface area contributed by atoms with Crippen LogP contribution in [0.25, 0.3) is 0 Å². The number of carbonyl (C=O) groups excluding carboxylic acids is 1. The second-order valence-corrected chi connectivity index (χ2v) is 9.65. The van der Waals surface area contributed by atoms with Crippen LogP contribution in [0.4, 0.5) is 61.5 Å². The van der Waals surface area contributed by atoms with Crippen LogP contribution in [0.3, 0.4) is 0 Å². The van der Waals surface area contributed by atoms with Crippen molar-refractivity contribution >= 4 is 16.0 Å². The van der Waals surface area contributed by atoms with Gasteiger partial charge in [-0.25, -0.2) is 9.13 Å². The van der Waals surface area contributed by atoms with Crippen LogP contribution in [0.2, 0.25) is 0 Å². The molecule has 1 aliphatic heterocycles. The molecule has 1 amide bonds. The lowest BCUT2D eigenvalue weighted by Crippen LogP contribution is -2.83. The van der Waals surface area contributed by atoms with Crippen LogP contribution >= 0.6 is 0 Å². The SMILES string of the molecule is C[N+](C)(CCCNC(=O)C(F)(C(F)(F)F)C(F)(F)N1C(F)(F)C(F)(F)OC(F)(F)C1(F)F)CS(=O)(=O)O. The zero-order valence-electron chi connectivity index (χ0n) is 18.0. The Kier molecular flexibility index (Phi) is 8.27. The summed E-state index contributed by atoms with van der Waals surface area (Å²) in [7, 11) is -2.51. The van der Waals surface area contributed by atoms with E-state index in [9.17, 15) is 74.7 Å².